The molecule has 0 saturated heterocycles. The summed E-state index contributed by atoms with van der Waals surface area (Å²) < 4.78 is 14.1. The zero-order valence-electron chi connectivity index (χ0n) is 9.60. The van der Waals surface area contributed by atoms with Gasteiger partial charge in [-0.1, -0.05) is 42.5 Å². The largest absolute Gasteiger partial charge is 0.345 e. The van der Waals surface area contributed by atoms with Gasteiger partial charge in [0.2, 0.25) is 0 Å². The number of imidazole rings is 1. The Morgan fingerprint density at radius 1 is 0.944 bits per heavy atom. The highest BCUT2D eigenvalue weighted by atomic mass is 19.1. The van der Waals surface area contributed by atoms with Crippen LogP contribution in [0.15, 0.2) is 60.9 Å². The van der Waals surface area contributed by atoms with Gasteiger partial charge in [0, 0.05) is 23.5 Å². The number of hydrogen-bond acceptors (Lipinski definition) is 1. The van der Waals surface area contributed by atoms with E-state index < -0.39 is 0 Å². The molecule has 1 aromatic heterocycles. The van der Waals surface area contributed by atoms with Gasteiger partial charge in [-0.2, -0.15) is 0 Å². The second-order valence-corrected chi connectivity index (χ2v) is 4.00. The Bertz CT molecular complexity index is 646. The van der Waals surface area contributed by atoms with Crippen molar-refractivity contribution < 1.29 is 4.39 Å². The van der Waals surface area contributed by atoms with Gasteiger partial charge >= 0.3 is 0 Å². The first-order chi connectivity index (χ1) is 8.84. The predicted molar refractivity (Wildman–Crippen MR) is 69.4 cm³/mol. The van der Waals surface area contributed by atoms with Crippen LogP contribution in [-0.2, 0) is 0 Å². The summed E-state index contributed by atoms with van der Waals surface area (Å²) in [5.74, 6) is 0.434. The minimum absolute atomic E-state index is 0.241. The van der Waals surface area contributed by atoms with Crippen molar-refractivity contribution in [2.24, 2.45) is 0 Å². The SMILES string of the molecule is Fc1cc(-c2ncc[nH]2)ccc1-c1ccccc1. The van der Waals surface area contributed by atoms with Gasteiger partial charge in [0.1, 0.15) is 11.6 Å². The van der Waals surface area contributed by atoms with E-state index in [-0.39, 0.29) is 5.82 Å². The molecular formula is C15H11FN2. The molecule has 0 aliphatic rings. The average molecular weight is 238 g/mol. The molecule has 18 heavy (non-hydrogen) atoms. The van der Waals surface area contributed by atoms with Crippen molar-refractivity contribution in [2.75, 3.05) is 0 Å². The van der Waals surface area contributed by atoms with E-state index >= 15 is 0 Å². The molecule has 0 aliphatic carbocycles. The first kappa shape index (κ1) is 10.7. The van der Waals surface area contributed by atoms with Crippen LogP contribution in [0.1, 0.15) is 0 Å². The molecule has 0 atom stereocenters. The van der Waals surface area contributed by atoms with E-state index in [0.717, 1.165) is 11.1 Å². The predicted octanol–water partition coefficient (Wildman–Crippen LogP) is 3.88. The van der Waals surface area contributed by atoms with Gasteiger partial charge in [0.05, 0.1) is 0 Å². The lowest BCUT2D eigenvalue weighted by Gasteiger charge is -2.05. The van der Waals surface area contributed by atoms with E-state index in [1.54, 1.807) is 18.5 Å². The van der Waals surface area contributed by atoms with Crippen molar-refractivity contribution in [3.05, 3.63) is 66.7 Å². The fourth-order valence-corrected chi connectivity index (χ4v) is 1.94. The molecule has 0 amide bonds. The van der Waals surface area contributed by atoms with E-state index in [9.17, 15) is 4.39 Å². The molecule has 1 heterocycles. The quantitative estimate of drug-likeness (QED) is 0.721. The minimum atomic E-state index is -0.241. The molecule has 3 heteroatoms. The lowest BCUT2D eigenvalue weighted by atomic mass is 10.0. The fourth-order valence-electron chi connectivity index (χ4n) is 1.94. The topological polar surface area (TPSA) is 28.7 Å². The van der Waals surface area contributed by atoms with Crippen molar-refractivity contribution in [1.82, 2.24) is 9.97 Å². The second-order valence-electron chi connectivity index (χ2n) is 4.00. The van der Waals surface area contributed by atoms with E-state index in [1.807, 2.05) is 36.4 Å². The molecule has 0 radical (unpaired) electrons. The highest BCUT2D eigenvalue weighted by molar-refractivity contribution is 5.68. The van der Waals surface area contributed by atoms with Crippen molar-refractivity contribution in [3.8, 4) is 22.5 Å². The third kappa shape index (κ3) is 1.91. The zero-order valence-corrected chi connectivity index (χ0v) is 9.60. The summed E-state index contributed by atoms with van der Waals surface area (Å²) in [7, 11) is 0. The molecule has 0 unspecified atom stereocenters. The number of rotatable bonds is 2. The highest BCUT2D eigenvalue weighted by Crippen LogP contribution is 2.26. The van der Waals surface area contributed by atoms with Crippen molar-refractivity contribution in [3.63, 3.8) is 0 Å². The van der Waals surface area contributed by atoms with Crippen molar-refractivity contribution in [1.29, 1.82) is 0 Å². The zero-order chi connectivity index (χ0) is 12.4. The number of hydrogen-bond donors (Lipinski definition) is 1. The van der Waals surface area contributed by atoms with Gasteiger partial charge in [-0.15, -0.1) is 0 Å². The lowest BCUT2D eigenvalue weighted by molar-refractivity contribution is 0.631. The number of nitrogens with zero attached hydrogens (tertiary/aromatic N) is 1. The first-order valence-corrected chi connectivity index (χ1v) is 5.69. The number of aromatic nitrogens is 2. The Morgan fingerprint density at radius 3 is 2.44 bits per heavy atom. The molecule has 0 fully saturated rings. The maximum absolute atomic E-state index is 14.1. The van der Waals surface area contributed by atoms with Crippen LogP contribution in [0.3, 0.4) is 0 Å². The minimum Gasteiger partial charge on any atom is -0.345 e. The standard InChI is InChI=1S/C15H11FN2/c16-14-10-12(15-17-8-9-18-15)6-7-13(14)11-4-2-1-3-5-11/h1-10H,(H,17,18). The van der Waals surface area contributed by atoms with Gasteiger partial charge < -0.3 is 4.98 Å². The van der Waals surface area contributed by atoms with E-state index in [0.29, 0.717) is 11.4 Å². The van der Waals surface area contributed by atoms with Crippen LogP contribution >= 0.6 is 0 Å². The second kappa shape index (κ2) is 4.45. The maximum atomic E-state index is 14.1. The lowest BCUT2D eigenvalue weighted by Crippen LogP contribution is -1.87. The average Bonchev–Trinajstić information content (AvgIpc) is 2.93. The molecule has 3 rings (SSSR count). The summed E-state index contributed by atoms with van der Waals surface area (Å²) in [5, 5.41) is 0. The van der Waals surface area contributed by atoms with Crippen LogP contribution in [-0.4, -0.2) is 9.97 Å². The van der Waals surface area contributed by atoms with Crippen LogP contribution in [0.2, 0.25) is 0 Å². The summed E-state index contributed by atoms with van der Waals surface area (Å²) in [6, 6.07) is 14.6. The molecule has 0 spiro atoms. The maximum Gasteiger partial charge on any atom is 0.137 e. The normalized spacial score (nSPS) is 10.5. The number of H-pyrrole nitrogens is 1. The molecule has 0 aliphatic heterocycles. The van der Waals surface area contributed by atoms with Gasteiger partial charge in [-0.3, -0.25) is 0 Å². The van der Waals surface area contributed by atoms with Gasteiger partial charge in [0.15, 0.2) is 0 Å². The molecule has 1 N–H and O–H groups in total. The summed E-state index contributed by atoms with van der Waals surface area (Å²) in [6.07, 6.45) is 3.37. The Morgan fingerprint density at radius 2 is 1.78 bits per heavy atom. The van der Waals surface area contributed by atoms with Crippen LogP contribution in [0.25, 0.3) is 22.5 Å². The first-order valence-electron chi connectivity index (χ1n) is 5.69. The highest BCUT2D eigenvalue weighted by Gasteiger charge is 2.07. The van der Waals surface area contributed by atoms with Crippen LogP contribution in [0, 0.1) is 5.82 Å². The fraction of sp³-hybridized carbons (Fsp3) is 0. The molecular weight excluding hydrogens is 227 g/mol. The van der Waals surface area contributed by atoms with Gasteiger partial charge in [-0.05, 0) is 11.6 Å². The summed E-state index contributed by atoms with van der Waals surface area (Å²) >= 11 is 0. The van der Waals surface area contributed by atoms with Crippen LogP contribution in [0.4, 0.5) is 4.39 Å². The molecule has 88 valence electrons. The molecule has 0 bridgehead atoms. The van der Waals surface area contributed by atoms with E-state index in [4.69, 9.17) is 0 Å². The smallest absolute Gasteiger partial charge is 0.137 e. The van der Waals surface area contributed by atoms with Crippen molar-refractivity contribution >= 4 is 0 Å². The number of aromatic amines is 1. The third-order valence-electron chi connectivity index (χ3n) is 2.83. The molecule has 3 aromatic rings. The van der Waals surface area contributed by atoms with Crippen molar-refractivity contribution in [2.45, 2.75) is 0 Å². The summed E-state index contributed by atoms with van der Waals surface area (Å²) in [6.45, 7) is 0. The Labute approximate surface area is 104 Å². The Kier molecular flexibility index (Phi) is 2.65. The van der Waals surface area contributed by atoms with Crippen LogP contribution in [0.5, 0.6) is 0 Å². The molecule has 2 nitrogen and oxygen atoms in total. The molecule has 0 saturated carbocycles. The van der Waals surface area contributed by atoms with Gasteiger partial charge in [-0.25, -0.2) is 9.37 Å². The van der Waals surface area contributed by atoms with Crippen LogP contribution < -0.4 is 0 Å². The number of nitrogens with one attached hydrogen (secondary N) is 1. The third-order valence-corrected chi connectivity index (χ3v) is 2.83. The number of benzene rings is 2. The number of halogens is 1. The Hall–Kier alpha value is -2.42. The monoisotopic (exact) mass is 238 g/mol. The van der Waals surface area contributed by atoms with Gasteiger partial charge in [0.25, 0.3) is 0 Å². The summed E-state index contributed by atoms with van der Waals surface area (Å²) in [4.78, 5) is 7.07. The summed E-state index contributed by atoms with van der Waals surface area (Å²) in [5.41, 5.74) is 2.23. The van der Waals surface area contributed by atoms with E-state index in [2.05, 4.69) is 9.97 Å². The van der Waals surface area contributed by atoms with E-state index in [1.165, 1.54) is 6.07 Å². The Balaban J connectivity index is 2.05. The molecule has 2 aromatic carbocycles.